The Labute approximate surface area is 97.8 Å². The monoisotopic (exact) mass is 223 g/mol. The molecule has 1 aromatic carbocycles. The van der Waals surface area contributed by atoms with Gasteiger partial charge >= 0.3 is 0 Å². The van der Waals surface area contributed by atoms with Crippen molar-refractivity contribution in [2.75, 3.05) is 26.9 Å². The lowest BCUT2D eigenvalue weighted by atomic mass is 10.1. The molecule has 0 fully saturated rings. The van der Waals surface area contributed by atoms with Crippen LogP contribution in [0.15, 0.2) is 24.3 Å². The van der Waals surface area contributed by atoms with Crippen LogP contribution < -0.4 is 10.1 Å². The first-order valence-electron chi connectivity index (χ1n) is 5.73. The third-order valence-electron chi connectivity index (χ3n) is 2.43. The van der Waals surface area contributed by atoms with E-state index in [1.54, 1.807) is 7.11 Å². The molecule has 0 amide bonds. The summed E-state index contributed by atoms with van der Waals surface area (Å²) < 4.78 is 10.5. The lowest BCUT2D eigenvalue weighted by molar-refractivity contribution is 0.196. The molecule has 0 heterocycles. The molecule has 0 unspecified atom stereocenters. The van der Waals surface area contributed by atoms with Crippen molar-refractivity contribution in [2.45, 2.75) is 19.9 Å². The van der Waals surface area contributed by atoms with Gasteiger partial charge in [0.1, 0.15) is 5.75 Å². The van der Waals surface area contributed by atoms with Gasteiger partial charge in [0.05, 0.1) is 13.2 Å². The van der Waals surface area contributed by atoms with E-state index in [2.05, 4.69) is 24.4 Å². The van der Waals surface area contributed by atoms with Crippen LogP contribution in [0.1, 0.15) is 25.5 Å². The summed E-state index contributed by atoms with van der Waals surface area (Å²) in [6, 6.07) is 8.50. The Morgan fingerprint density at radius 3 is 2.88 bits per heavy atom. The lowest BCUT2D eigenvalue weighted by Crippen LogP contribution is -2.22. The zero-order valence-electron chi connectivity index (χ0n) is 10.3. The highest BCUT2D eigenvalue weighted by Gasteiger charge is 2.05. The molecular weight excluding hydrogens is 202 g/mol. The summed E-state index contributed by atoms with van der Waals surface area (Å²) in [6.45, 7) is 6.43. The molecule has 1 aromatic rings. The minimum Gasteiger partial charge on any atom is -0.494 e. The van der Waals surface area contributed by atoms with Gasteiger partial charge in [-0.05, 0) is 31.5 Å². The van der Waals surface area contributed by atoms with Crippen molar-refractivity contribution in [2.24, 2.45) is 0 Å². The van der Waals surface area contributed by atoms with Crippen molar-refractivity contribution in [1.29, 1.82) is 0 Å². The first-order chi connectivity index (χ1) is 7.77. The third kappa shape index (κ3) is 4.21. The zero-order chi connectivity index (χ0) is 11.8. The largest absolute Gasteiger partial charge is 0.494 e. The van der Waals surface area contributed by atoms with Gasteiger partial charge in [0.15, 0.2) is 0 Å². The second kappa shape index (κ2) is 7.25. The van der Waals surface area contributed by atoms with E-state index >= 15 is 0 Å². The summed E-state index contributed by atoms with van der Waals surface area (Å²) >= 11 is 0. The van der Waals surface area contributed by atoms with Gasteiger partial charge in [-0.3, -0.25) is 0 Å². The quantitative estimate of drug-likeness (QED) is 0.720. The number of rotatable bonds is 7. The molecule has 0 aliphatic rings. The normalized spacial score (nSPS) is 12.4. The smallest absolute Gasteiger partial charge is 0.119 e. The van der Waals surface area contributed by atoms with Crippen molar-refractivity contribution in [3.05, 3.63) is 29.8 Å². The minimum atomic E-state index is 0.315. The molecule has 3 heteroatoms. The summed E-state index contributed by atoms with van der Waals surface area (Å²) in [5.74, 6) is 0.931. The Bertz CT molecular complexity index is 302. The Hall–Kier alpha value is -1.06. The van der Waals surface area contributed by atoms with Gasteiger partial charge in [-0.2, -0.15) is 0 Å². The molecule has 0 aliphatic heterocycles. The van der Waals surface area contributed by atoms with E-state index in [-0.39, 0.29) is 0 Å². The van der Waals surface area contributed by atoms with E-state index in [0.29, 0.717) is 12.6 Å². The van der Waals surface area contributed by atoms with Gasteiger partial charge in [0.2, 0.25) is 0 Å². The molecule has 0 bridgehead atoms. The first kappa shape index (κ1) is 13.0. The highest BCUT2D eigenvalue weighted by atomic mass is 16.5. The number of hydrogen-bond donors (Lipinski definition) is 1. The second-order valence-electron chi connectivity index (χ2n) is 3.67. The maximum absolute atomic E-state index is 5.47. The number of benzene rings is 1. The van der Waals surface area contributed by atoms with Crippen LogP contribution in [0.2, 0.25) is 0 Å². The van der Waals surface area contributed by atoms with Crippen LogP contribution in [0.4, 0.5) is 0 Å². The number of hydrogen-bond acceptors (Lipinski definition) is 3. The molecule has 3 nitrogen and oxygen atoms in total. The molecular formula is C13H21NO2. The summed E-state index contributed by atoms with van der Waals surface area (Å²) in [5, 5.41) is 3.39. The summed E-state index contributed by atoms with van der Waals surface area (Å²) in [4.78, 5) is 0. The Morgan fingerprint density at radius 1 is 1.38 bits per heavy atom. The second-order valence-corrected chi connectivity index (χ2v) is 3.67. The highest BCUT2D eigenvalue weighted by molar-refractivity contribution is 5.30. The Morgan fingerprint density at radius 2 is 2.19 bits per heavy atom. The molecule has 16 heavy (non-hydrogen) atoms. The molecule has 0 aliphatic carbocycles. The van der Waals surface area contributed by atoms with Crippen molar-refractivity contribution >= 4 is 0 Å². The van der Waals surface area contributed by atoms with E-state index < -0.39 is 0 Å². The first-order valence-corrected chi connectivity index (χ1v) is 5.73. The fourth-order valence-corrected chi connectivity index (χ4v) is 1.54. The predicted molar refractivity (Wildman–Crippen MR) is 65.9 cm³/mol. The van der Waals surface area contributed by atoms with Crippen LogP contribution in [0.25, 0.3) is 0 Å². The van der Waals surface area contributed by atoms with Crippen molar-refractivity contribution < 1.29 is 9.47 Å². The maximum atomic E-state index is 5.47. The van der Waals surface area contributed by atoms with Gasteiger partial charge in [0, 0.05) is 19.7 Å². The predicted octanol–water partition coefficient (Wildman–Crippen LogP) is 2.38. The SMILES string of the molecule is CCOc1cccc([C@@H](C)NCCOC)c1. The molecule has 90 valence electrons. The number of nitrogens with one attached hydrogen (secondary N) is 1. The standard InChI is InChI=1S/C13H21NO2/c1-4-16-13-7-5-6-12(10-13)11(2)14-8-9-15-3/h5-7,10-11,14H,4,8-9H2,1-3H3/t11-/m1/s1. The average Bonchev–Trinajstić information content (AvgIpc) is 2.30. The highest BCUT2D eigenvalue weighted by Crippen LogP contribution is 2.18. The maximum Gasteiger partial charge on any atom is 0.119 e. The fourth-order valence-electron chi connectivity index (χ4n) is 1.54. The van der Waals surface area contributed by atoms with Gasteiger partial charge in [-0.25, -0.2) is 0 Å². The van der Waals surface area contributed by atoms with Crippen LogP contribution >= 0.6 is 0 Å². The van der Waals surface area contributed by atoms with Crippen molar-refractivity contribution in [3.63, 3.8) is 0 Å². The fraction of sp³-hybridized carbons (Fsp3) is 0.538. The summed E-state index contributed by atoms with van der Waals surface area (Å²) in [6.07, 6.45) is 0. The van der Waals surface area contributed by atoms with E-state index in [1.807, 2.05) is 19.1 Å². The van der Waals surface area contributed by atoms with Crippen LogP contribution in [0.3, 0.4) is 0 Å². The van der Waals surface area contributed by atoms with E-state index in [4.69, 9.17) is 9.47 Å². The van der Waals surface area contributed by atoms with Crippen LogP contribution in [0, 0.1) is 0 Å². The van der Waals surface area contributed by atoms with E-state index in [0.717, 1.165) is 18.9 Å². The van der Waals surface area contributed by atoms with Gasteiger partial charge in [-0.1, -0.05) is 12.1 Å². The average molecular weight is 223 g/mol. The summed E-state index contributed by atoms with van der Waals surface area (Å²) in [5.41, 5.74) is 1.24. The molecule has 0 saturated carbocycles. The minimum absolute atomic E-state index is 0.315. The third-order valence-corrected chi connectivity index (χ3v) is 2.43. The molecule has 0 aromatic heterocycles. The van der Waals surface area contributed by atoms with Gasteiger partial charge < -0.3 is 14.8 Å². The molecule has 0 saturated heterocycles. The Kier molecular flexibility index (Phi) is 5.90. The molecule has 1 rings (SSSR count). The van der Waals surface area contributed by atoms with Crippen LogP contribution in [-0.2, 0) is 4.74 Å². The molecule has 1 atom stereocenters. The zero-order valence-corrected chi connectivity index (χ0v) is 10.3. The van der Waals surface area contributed by atoms with E-state index in [9.17, 15) is 0 Å². The van der Waals surface area contributed by atoms with Gasteiger partial charge in [-0.15, -0.1) is 0 Å². The molecule has 1 N–H and O–H groups in total. The van der Waals surface area contributed by atoms with E-state index in [1.165, 1.54) is 5.56 Å². The topological polar surface area (TPSA) is 30.5 Å². The van der Waals surface area contributed by atoms with Crippen LogP contribution in [0.5, 0.6) is 5.75 Å². The molecule has 0 spiro atoms. The lowest BCUT2D eigenvalue weighted by Gasteiger charge is -2.15. The number of ether oxygens (including phenoxy) is 2. The summed E-state index contributed by atoms with van der Waals surface area (Å²) in [7, 11) is 1.71. The van der Waals surface area contributed by atoms with Crippen LogP contribution in [-0.4, -0.2) is 26.9 Å². The number of methoxy groups -OCH3 is 1. The Balaban J connectivity index is 2.53. The van der Waals surface area contributed by atoms with Crippen molar-refractivity contribution in [1.82, 2.24) is 5.32 Å². The van der Waals surface area contributed by atoms with Crippen molar-refractivity contribution in [3.8, 4) is 5.75 Å². The molecule has 0 radical (unpaired) electrons. The van der Waals surface area contributed by atoms with Gasteiger partial charge in [0.25, 0.3) is 0 Å².